The van der Waals surface area contributed by atoms with Gasteiger partial charge in [0.25, 0.3) is 0 Å². The molecule has 1 atom stereocenters. The number of para-hydroxylation sites is 1. The molecule has 192 valence electrons. The van der Waals surface area contributed by atoms with Gasteiger partial charge in [-0.2, -0.15) is 5.10 Å². The summed E-state index contributed by atoms with van der Waals surface area (Å²) < 4.78 is 20.8. The molecule has 0 radical (unpaired) electrons. The third kappa shape index (κ3) is 3.70. The van der Waals surface area contributed by atoms with E-state index in [1.807, 2.05) is 78.3 Å². The van der Waals surface area contributed by atoms with Crippen molar-refractivity contribution in [3.63, 3.8) is 0 Å². The standard InChI is InChI=1S/C30H24N6O3/c1-18-24-25(19-9-13-22(37-2)14-10-19)26-28-32-27(20-11-15-23(38-3)16-12-20)34-35(28)17-31-29(26)39-30(24)36(33-18)21-7-5-4-6-8-21/h4-17,25H,1-3H3/t25-/m1/s1. The van der Waals surface area contributed by atoms with Crippen LogP contribution in [0.15, 0.2) is 85.2 Å². The minimum Gasteiger partial charge on any atom is -0.497 e. The first-order valence-electron chi connectivity index (χ1n) is 12.5. The number of methoxy groups -OCH3 is 2. The van der Waals surface area contributed by atoms with E-state index in [1.165, 1.54) is 0 Å². The Bertz CT molecular complexity index is 1810. The minimum atomic E-state index is -0.240. The molecule has 0 spiro atoms. The number of aryl methyl sites for hydroxylation is 1. The molecule has 0 unspecified atom stereocenters. The fourth-order valence-electron chi connectivity index (χ4n) is 5.11. The molecule has 7 rings (SSSR count). The summed E-state index contributed by atoms with van der Waals surface area (Å²) in [7, 11) is 3.31. The molecule has 6 aromatic rings. The van der Waals surface area contributed by atoms with Crippen molar-refractivity contribution in [1.29, 1.82) is 0 Å². The van der Waals surface area contributed by atoms with Gasteiger partial charge in [0, 0.05) is 5.56 Å². The lowest BCUT2D eigenvalue weighted by Crippen LogP contribution is -2.16. The Hall–Kier alpha value is -5.18. The van der Waals surface area contributed by atoms with Crippen molar-refractivity contribution in [2.24, 2.45) is 0 Å². The first kappa shape index (κ1) is 23.0. The largest absolute Gasteiger partial charge is 0.497 e. The van der Waals surface area contributed by atoms with E-state index < -0.39 is 0 Å². The van der Waals surface area contributed by atoms with Gasteiger partial charge in [-0.3, -0.25) is 0 Å². The summed E-state index contributed by atoms with van der Waals surface area (Å²) in [6.45, 7) is 2.00. The van der Waals surface area contributed by atoms with Gasteiger partial charge in [-0.25, -0.2) is 19.2 Å². The van der Waals surface area contributed by atoms with Crippen LogP contribution in [0.4, 0.5) is 0 Å². The Kier molecular flexibility index (Phi) is 5.29. The normalized spacial score (nSPS) is 14.0. The molecule has 1 aliphatic rings. The zero-order valence-corrected chi connectivity index (χ0v) is 21.6. The van der Waals surface area contributed by atoms with Crippen LogP contribution in [0.5, 0.6) is 23.3 Å². The van der Waals surface area contributed by atoms with Crippen molar-refractivity contribution in [2.75, 3.05) is 14.2 Å². The minimum absolute atomic E-state index is 0.240. The van der Waals surface area contributed by atoms with Crippen LogP contribution in [0.1, 0.15) is 28.3 Å². The highest BCUT2D eigenvalue weighted by Crippen LogP contribution is 2.49. The van der Waals surface area contributed by atoms with Crippen molar-refractivity contribution in [2.45, 2.75) is 12.8 Å². The van der Waals surface area contributed by atoms with Gasteiger partial charge >= 0.3 is 0 Å². The molecule has 9 heteroatoms. The van der Waals surface area contributed by atoms with Crippen LogP contribution < -0.4 is 14.2 Å². The average Bonchev–Trinajstić information content (AvgIpc) is 3.58. The zero-order chi connectivity index (χ0) is 26.5. The monoisotopic (exact) mass is 516 g/mol. The number of fused-ring (bicyclic) bond motifs is 4. The number of benzene rings is 3. The molecule has 3 aromatic carbocycles. The molecular formula is C30H24N6O3. The molecule has 0 saturated heterocycles. The molecule has 0 aliphatic carbocycles. The Labute approximate surface area is 224 Å². The first-order chi connectivity index (χ1) is 19.1. The summed E-state index contributed by atoms with van der Waals surface area (Å²) in [5.41, 5.74) is 6.14. The zero-order valence-electron chi connectivity index (χ0n) is 21.6. The van der Waals surface area contributed by atoms with E-state index in [0.29, 0.717) is 23.2 Å². The smallest absolute Gasteiger partial charge is 0.230 e. The topological polar surface area (TPSA) is 88.6 Å². The predicted molar refractivity (Wildman–Crippen MR) is 145 cm³/mol. The van der Waals surface area contributed by atoms with Crippen LogP contribution in [0, 0.1) is 6.92 Å². The van der Waals surface area contributed by atoms with Gasteiger partial charge in [0.1, 0.15) is 17.8 Å². The quantitative estimate of drug-likeness (QED) is 0.295. The number of nitrogens with zero attached hydrogens (tertiary/aromatic N) is 6. The second kappa shape index (κ2) is 8.98. The molecule has 0 fully saturated rings. The Morgan fingerprint density at radius 2 is 1.49 bits per heavy atom. The molecule has 0 amide bonds. The SMILES string of the molecule is COc1ccc(-c2nc3c4c(ncn3n2)Oc2c(c(C)nn2-c2ccccc2)[C@H]4c2ccc(OC)cc2)cc1. The Balaban J connectivity index is 1.45. The van der Waals surface area contributed by atoms with Crippen molar-refractivity contribution in [3.05, 3.63) is 108 Å². The molecule has 4 heterocycles. The van der Waals surface area contributed by atoms with Gasteiger partial charge < -0.3 is 14.2 Å². The lowest BCUT2D eigenvalue weighted by Gasteiger charge is -2.26. The number of rotatable bonds is 5. The van der Waals surface area contributed by atoms with Crippen molar-refractivity contribution in [3.8, 4) is 40.3 Å². The highest BCUT2D eigenvalue weighted by Gasteiger charge is 2.38. The summed E-state index contributed by atoms with van der Waals surface area (Å²) in [5, 5.41) is 9.63. The first-order valence-corrected chi connectivity index (χ1v) is 12.5. The summed E-state index contributed by atoms with van der Waals surface area (Å²) in [6.07, 6.45) is 1.64. The van der Waals surface area contributed by atoms with E-state index in [9.17, 15) is 0 Å². The summed E-state index contributed by atoms with van der Waals surface area (Å²) in [6, 6.07) is 25.7. The van der Waals surface area contributed by atoms with Crippen LogP contribution in [0.3, 0.4) is 0 Å². The maximum absolute atomic E-state index is 6.50. The highest BCUT2D eigenvalue weighted by atomic mass is 16.5. The van der Waals surface area contributed by atoms with E-state index in [1.54, 1.807) is 25.1 Å². The van der Waals surface area contributed by atoms with Gasteiger partial charge in [-0.1, -0.05) is 30.3 Å². The van der Waals surface area contributed by atoms with Gasteiger partial charge in [0.2, 0.25) is 11.8 Å². The van der Waals surface area contributed by atoms with Gasteiger partial charge in [0.15, 0.2) is 11.5 Å². The van der Waals surface area contributed by atoms with Crippen LogP contribution >= 0.6 is 0 Å². The summed E-state index contributed by atoms with van der Waals surface area (Å²) >= 11 is 0. The molecule has 9 nitrogen and oxygen atoms in total. The molecule has 0 saturated carbocycles. The van der Waals surface area contributed by atoms with Crippen molar-refractivity contribution in [1.82, 2.24) is 29.4 Å². The molecule has 0 N–H and O–H groups in total. The fourth-order valence-corrected chi connectivity index (χ4v) is 5.11. The van der Waals surface area contributed by atoms with Gasteiger partial charge in [0.05, 0.1) is 42.6 Å². The van der Waals surface area contributed by atoms with Crippen molar-refractivity contribution >= 4 is 5.65 Å². The number of hydrogen-bond donors (Lipinski definition) is 0. The van der Waals surface area contributed by atoms with E-state index in [2.05, 4.69) is 17.1 Å². The van der Waals surface area contributed by atoms with E-state index >= 15 is 0 Å². The molecule has 3 aromatic heterocycles. The number of hydrogen-bond acceptors (Lipinski definition) is 7. The lowest BCUT2D eigenvalue weighted by atomic mass is 9.84. The van der Waals surface area contributed by atoms with E-state index in [-0.39, 0.29) is 5.92 Å². The number of aromatic nitrogens is 6. The van der Waals surface area contributed by atoms with Crippen molar-refractivity contribution < 1.29 is 14.2 Å². The highest BCUT2D eigenvalue weighted by molar-refractivity contribution is 5.69. The van der Waals surface area contributed by atoms with Crippen LogP contribution in [-0.4, -0.2) is 43.6 Å². The average molecular weight is 517 g/mol. The second-order valence-corrected chi connectivity index (χ2v) is 9.26. The maximum atomic E-state index is 6.50. The Morgan fingerprint density at radius 1 is 0.795 bits per heavy atom. The fraction of sp³-hybridized carbons (Fsp3) is 0.133. The second-order valence-electron chi connectivity index (χ2n) is 9.26. The number of ether oxygens (including phenoxy) is 3. The van der Waals surface area contributed by atoms with Crippen LogP contribution in [0.2, 0.25) is 0 Å². The summed E-state index contributed by atoms with van der Waals surface area (Å²) in [5.74, 6) is 3.01. The molecule has 0 bridgehead atoms. The molecule has 1 aliphatic heterocycles. The molecular weight excluding hydrogens is 492 g/mol. The lowest BCUT2D eigenvalue weighted by molar-refractivity contribution is 0.402. The van der Waals surface area contributed by atoms with Gasteiger partial charge in [-0.05, 0) is 61.0 Å². The van der Waals surface area contributed by atoms with Crippen LogP contribution in [0.25, 0.3) is 22.7 Å². The predicted octanol–water partition coefficient (Wildman–Crippen LogP) is 5.59. The van der Waals surface area contributed by atoms with Crippen LogP contribution in [-0.2, 0) is 0 Å². The molecule has 39 heavy (non-hydrogen) atoms. The maximum Gasteiger partial charge on any atom is 0.230 e. The van der Waals surface area contributed by atoms with Gasteiger partial charge in [-0.15, -0.1) is 5.10 Å². The third-order valence-corrected chi connectivity index (χ3v) is 7.02. The summed E-state index contributed by atoms with van der Waals surface area (Å²) in [4.78, 5) is 9.65. The van der Waals surface area contributed by atoms with E-state index in [0.717, 1.165) is 45.1 Å². The Morgan fingerprint density at radius 3 is 2.18 bits per heavy atom. The third-order valence-electron chi connectivity index (χ3n) is 7.02. The van der Waals surface area contributed by atoms with E-state index in [4.69, 9.17) is 29.4 Å².